The van der Waals surface area contributed by atoms with Gasteiger partial charge in [0.15, 0.2) is 6.61 Å². The first-order valence-electron chi connectivity index (χ1n) is 13.1. The van der Waals surface area contributed by atoms with E-state index < -0.39 is 6.04 Å². The smallest absolute Gasteiger partial charge is 0.261 e. The normalized spacial score (nSPS) is 14.4. The summed E-state index contributed by atoms with van der Waals surface area (Å²) in [4.78, 5) is 29.1. The van der Waals surface area contributed by atoms with Gasteiger partial charge in [-0.25, -0.2) is 0 Å². The first kappa shape index (κ1) is 26.3. The highest BCUT2D eigenvalue weighted by molar-refractivity contribution is 5.88. The minimum absolute atomic E-state index is 0.119. The van der Waals surface area contributed by atoms with E-state index >= 15 is 0 Å². The van der Waals surface area contributed by atoms with Crippen LogP contribution in [0.2, 0.25) is 0 Å². The van der Waals surface area contributed by atoms with Gasteiger partial charge in [-0.15, -0.1) is 0 Å². The van der Waals surface area contributed by atoms with E-state index in [1.165, 1.54) is 6.42 Å². The van der Waals surface area contributed by atoms with Crippen molar-refractivity contribution in [2.45, 2.75) is 57.2 Å². The predicted octanol–water partition coefficient (Wildman–Crippen LogP) is 5.16. The SMILES string of the molecule is COc1cccc(CN(C(=O)COc2ccccc2)C(Cc2ccccc2)C(=O)NC2CCCCC2)c1. The van der Waals surface area contributed by atoms with Gasteiger partial charge in [0.2, 0.25) is 5.91 Å². The number of hydrogen-bond acceptors (Lipinski definition) is 4. The van der Waals surface area contributed by atoms with Crippen LogP contribution in [0, 0.1) is 0 Å². The van der Waals surface area contributed by atoms with E-state index in [2.05, 4.69) is 5.32 Å². The summed E-state index contributed by atoms with van der Waals surface area (Å²) in [5, 5.41) is 3.26. The summed E-state index contributed by atoms with van der Waals surface area (Å²) < 4.78 is 11.2. The highest BCUT2D eigenvalue weighted by Gasteiger charge is 2.32. The molecule has 1 N–H and O–H groups in total. The Balaban J connectivity index is 1.61. The summed E-state index contributed by atoms with van der Waals surface area (Å²) in [6.45, 7) is 0.111. The maximum absolute atomic E-state index is 13.8. The van der Waals surface area contributed by atoms with Gasteiger partial charge >= 0.3 is 0 Å². The minimum Gasteiger partial charge on any atom is -0.497 e. The molecule has 4 rings (SSSR count). The molecule has 3 aromatic carbocycles. The third-order valence-electron chi connectivity index (χ3n) is 6.82. The summed E-state index contributed by atoms with van der Waals surface area (Å²) in [6, 6.07) is 26.2. The van der Waals surface area contributed by atoms with E-state index in [0.717, 1.165) is 36.8 Å². The van der Waals surface area contributed by atoms with Crippen LogP contribution in [0.15, 0.2) is 84.9 Å². The molecule has 0 aliphatic heterocycles. The molecule has 0 saturated heterocycles. The average molecular weight is 501 g/mol. The fraction of sp³-hybridized carbons (Fsp3) is 0.355. The van der Waals surface area contributed by atoms with Gasteiger partial charge in [-0.1, -0.05) is 79.9 Å². The Morgan fingerprint density at radius 1 is 0.865 bits per heavy atom. The van der Waals surface area contributed by atoms with E-state index in [9.17, 15) is 9.59 Å². The lowest BCUT2D eigenvalue weighted by molar-refractivity contribution is -0.143. The van der Waals surface area contributed by atoms with Crippen LogP contribution in [-0.2, 0) is 22.6 Å². The maximum Gasteiger partial charge on any atom is 0.261 e. The second kappa shape index (κ2) is 13.5. The molecule has 2 amide bonds. The number of hydrogen-bond donors (Lipinski definition) is 1. The number of amides is 2. The van der Waals surface area contributed by atoms with Crippen LogP contribution in [0.1, 0.15) is 43.2 Å². The third kappa shape index (κ3) is 7.84. The average Bonchev–Trinajstić information content (AvgIpc) is 2.95. The number of para-hydroxylation sites is 1. The molecule has 0 aromatic heterocycles. The molecule has 6 heteroatoms. The van der Waals surface area contributed by atoms with Crippen LogP contribution in [0.4, 0.5) is 0 Å². The van der Waals surface area contributed by atoms with Gasteiger partial charge in [-0.3, -0.25) is 9.59 Å². The molecule has 0 bridgehead atoms. The van der Waals surface area contributed by atoms with Crippen molar-refractivity contribution in [1.82, 2.24) is 10.2 Å². The van der Waals surface area contributed by atoms with Gasteiger partial charge in [0, 0.05) is 19.0 Å². The molecule has 1 fully saturated rings. The molecule has 0 heterocycles. The molecule has 0 radical (unpaired) electrons. The van der Waals surface area contributed by atoms with Crippen molar-refractivity contribution in [3.05, 3.63) is 96.1 Å². The first-order chi connectivity index (χ1) is 18.1. The van der Waals surface area contributed by atoms with E-state index in [1.54, 1.807) is 12.0 Å². The lowest BCUT2D eigenvalue weighted by Crippen LogP contribution is -2.53. The highest BCUT2D eigenvalue weighted by Crippen LogP contribution is 2.21. The molecule has 1 atom stereocenters. The van der Waals surface area contributed by atoms with Gasteiger partial charge < -0.3 is 19.7 Å². The number of nitrogens with one attached hydrogen (secondary N) is 1. The zero-order valence-electron chi connectivity index (χ0n) is 21.5. The minimum atomic E-state index is -0.678. The van der Waals surface area contributed by atoms with Crippen molar-refractivity contribution in [2.75, 3.05) is 13.7 Å². The predicted molar refractivity (Wildman–Crippen MR) is 144 cm³/mol. The summed E-state index contributed by atoms with van der Waals surface area (Å²) in [5.41, 5.74) is 1.88. The Kier molecular flexibility index (Phi) is 9.58. The summed E-state index contributed by atoms with van der Waals surface area (Å²) in [6.07, 6.45) is 5.81. The summed E-state index contributed by atoms with van der Waals surface area (Å²) >= 11 is 0. The van der Waals surface area contributed by atoms with Crippen molar-refractivity contribution in [3.63, 3.8) is 0 Å². The second-order valence-electron chi connectivity index (χ2n) is 9.52. The van der Waals surface area contributed by atoms with Gasteiger partial charge in [-0.2, -0.15) is 0 Å². The maximum atomic E-state index is 13.8. The number of benzene rings is 3. The van der Waals surface area contributed by atoms with Gasteiger partial charge in [0.1, 0.15) is 17.5 Å². The molecule has 6 nitrogen and oxygen atoms in total. The zero-order chi connectivity index (χ0) is 25.9. The monoisotopic (exact) mass is 500 g/mol. The van der Waals surface area contributed by atoms with Gasteiger partial charge in [0.25, 0.3) is 5.91 Å². The molecule has 1 saturated carbocycles. The Labute approximate surface area is 219 Å². The van der Waals surface area contributed by atoms with Crippen LogP contribution < -0.4 is 14.8 Å². The zero-order valence-corrected chi connectivity index (χ0v) is 21.5. The van der Waals surface area contributed by atoms with Gasteiger partial charge in [-0.05, 0) is 48.2 Å². The number of ether oxygens (including phenoxy) is 2. The van der Waals surface area contributed by atoms with Gasteiger partial charge in [0.05, 0.1) is 7.11 Å². The van der Waals surface area contributed by atoms with E-state index in [-0.39, 0.29) is 31.0 Å². The van der Waals surface area contributed by atoms with Crippen molar-refractivity contribution < 1.29 is 19.1 Å². The highest BCUT2D eigenvalue weighted by atomic mass is 16.5. The Morgan fingerprint density at radius 3 is 2.22 bits per heavy atom. The van der Waals surface area contributed by atoms with Crippen molar-refractivity contribution in [1.29, 1.82) is 0 Å². The molecule has 0 spiro atoms. The standard InChI is InChI=1S/C31H36N2O4/c1-36-28-19-11-14-25(20-28)22-33(30(34)23-37-27-17-9-4-10-18-27)29(21-24-12-5-2-6-13-24)31(35)32-26-15-7-3-8-16-26/h2,4-6,9-14,17-20,26,29H,3,7-8,15-16,21-23H2,1H3,(H,32,35). The molecule has 194 valence electrons. The van der Waals surface area contributed by atoms with Crippen LogP contribution >= 0.6 is 0 Å². The number of carbonyl (C=O) groups is 2. The van der Waals surface area contributed by atoms with E-state index in [0.29, 0.717) is 17.9 Å². The van der Waals surface area contributed by atoms with Crippen LogP contribution in [-0.4, -0.2) is 42.5 Å². The number of carbonyl (C=O) groups excluding carboxylic acids is 2. The van der Waals surface area contributed by atoms with Crippen molar-refractivity contribution in [2.24, 2.45) is 0 Å². The topological polar surface area (TPSA) is 67.9 Å². The van der Waals surface area contributed by atoms with Crippen molar-refractivity contribution in [3.8, 4) is 11.5 Å². The fourth-order valence-corrected chi connectivity index (χ4v) is 4.81. The van der Waals surface area contributed by atoms with Crippen LogP contribution in [0.25, 0.3) is 0 Å². The van der Waals surface area contributed by atoms with Crippen LogP contribution in [0.5, 0.6) is 11.5 Å². The van der Waals surface area contributed by atoms with E-state index in [1.807, 2.05) is 84.9 Å². The third-order valence-corrected chi connectivity index (χ3v) is 6.82. The quantitative estimate of drug-likeness (QED) is 0.395. The lowest BCUT2D eigenvalue weighted by atomic mass is 9.94. The van der Waals surface area contributed by atoms with Crippen LogP contribution in [0.3, 0.4) is 0 Å². The first-order valence-corrected chi connectivity index (χ1v) is 13.1. The lowest BCUT2D eigenvalue weighted by Gasteiger charge is -2.33. The molecule has 1 aliphatic rings. The Hall–Kier alpha value is -3.80. The number of rotatable bonds is 11. The van der Waals surface area contributed by atoms with E-state index in [4.69, 9.17) is 9.47 Å². The number of methoxy groups -OCH3 is 1. The second-order valence-corrected chi connectivity index (χ2v) is 9.52. The Bertz CT molecular complexity index is 1130. The molecule has 3 aromatic rings. The Morgan fingerprint density at radius 2 is 1.51 bits per heavy atom. The number of nitrogens with zero attached hydrogens (tertiary/aromatic N) is 1. The fourth-order valence-electron chi connectivity index (χ4n) is 4.81. The largest absolute Gasteiger partial charge is 0.497 e. The molecular weight excluding hydrogens is 464 g/mol. The molecule has 1 unspecified atom stereocenters. The van der Waals surface area contributed by atoms with Crippen molar-refractivity contribution >= 4 is 11.8 Å². The summed E-state index contributed by atoms with van der Waals surface area (Å²) in [5.74, 6) is 0.957. The molecular formula is C31H36N2O4. The molecule has 1 aliphatic carbocycles. The molecule has 37 heavy (non-hydrogen) atoms. The summed E-state index contributed by atoms with van der Waals surface area (Å²) in [7, 11) is 1.62.